The Labute approximate surface area is 208 Å². The van der Waals surface area contributed by atoms with Crippen LogP contribution in [0.3, 0.4) is 0 Å². The van der Waals surface area contributed by atoms with Gasteiger partial charge in [0.25, 0.3) is 0 Å². The van der Waals surface area contributed by atoms with Crippen LogP contribution in [0.25, 0.3) is 44.8 Å². The summed E-state index contributed by atoms with van der Waals surface area (Å²) in [7, 11) is 1.78. The minimum Gasteiger partial charge on any atom is -0.481 e. The van der Waals surface area contributed by atoms with Crippen molar-refractivity contribution in [2.45, 2.75) is 19.8 Å². The highest BCUT2D eigenvalue weighted by molar-refractivity contribution is 6.02. The predicted molar refractivity (Wildman–Crippen MR) is 140 cm³/mol. The fourth-order valence-corrected chi connectivity index (χ4v) is 4.31. The summed E-state index contributed by atoms with van der Waals surface area (Å²) in [5, 5.41) is 10.5. The Morgan fingerprint density at radius 1 is 1.06 bits per heavy atom. The Morgan fingerprint density at radius 2 is 1.83 bits per heavy atom. The molecule has 5 aromatic rings. The number of benzene rings is 3. The maximum Gasteiger partial charge on any atom is 0.337 e. The molecule has 2 heterocycles. The third-order valence-corrected chi connectivity index (χ3v) is 6.16. The molecule has 178 valence electrons. The third-order valence-electron chi connectivity index (χ3n) is 6.16. The molecule has 0 fully saturated rings. The lowest BCUT2D eigenvalue weighted by Crippen LogP contribution is -2.03. The number of carboxylic acids is 1. The van der Waals surface area contributed by atoms with Gasteiger partial charge in [0.05, 0.1) is 27.8 Å². The van der Waals surface area contributed by atoms with E-state index in [2.05, 4.69) is 31.9 Å². The second-order valence-electron chi connectivity index (χ2n) is 8.82. The van der Waals surface area contributed by atoms with Crippen LogP contribution in [0.15, 0.2) is 60.7 Å². The molecular weight excluding hydrogens is 452 g/mol. The molecule has 2 aromatic heterocycles. The van der Waals surface area contributed by atoms with E-state index < -0.39 is 5.97 Å². The standard InChI is InChI=1S/C29H24N4O3/c1-5-15-36-20-13-14-23-22(16-20)25(19-11-9-18(10-12-19)17(2)3)32-27(30-23)28-31-24-8-6-7-21(29(34)35)26(24)33(28)4/h1,6-14,16-17H,15H2,2-4H3,(H,34,35). The van der Waals surface area contributed by atoms with E-state index in [1.54, 1.807) is 29.8 Å². The molecule has 5 rings (SSSR count). The number of aromatic carboxylic acids is 1. The first-order valence-electron chi connectivity index (χ1n) is 11.5. The van der Waals surface area contributed by atoms with E-state index in [9.17, 15) is 9.90 Å². The van der Waals surface area contributed by atoms with E-state index >= 15 is 0 Å². The van der Waals surface area contributed by atoms with Crippen LogP contribution in [0, 0.1) is 12.3 Å². The van der Waals surface area contributed by atoms with Crippen molar-refractivity contribution in [1.29, 1.82) is 0 Å². The van der Waals surface area contributed by atoms with Gasteiger partial charge in [-0.25, -0.2) is 19.7 Å². The lowest BCUT2D eigenvalue weighted by molar-refractivity contribution is 0.0698. The van der Waals surface area contributed by atoms with Crippen LogP contribution in [-0.4, -0.2) is 37.2 Å². The van der Waals surface area contributed by atoms with E-state index in [-0.39, 0.29) is 12.2 Å². The fourth-order valence-electron chi connectivity index (χ4n) is 4.31. The summed E-state index contributed by atoms with van der Waals surface area (Å²) < 4.78 is 7.38. The van der Waals surface area contributed by atoms with Crippen LogP contribution in [0.1, 0.15) is 35.7 Å². The predicted octanol–water partition coefficient (Wildman–Crippen LogP) is 5.68. The number of ether oxygens (including phenoxy) is 1. The van der Waals surface area contributed by atoms with Gasteiger partial charge in [-0.1, -0.05) is 50.1 Å². The normalized spacial score (nSPS) is 11.2. The molecule has 0 radical (unpaired) electrons. The van der Waals surface area contributed by atoms with Gasteiger partial charge in [0.15, 0.2) is 11.6 Å². The lowest BCUT2D eigenvalue weighted by Gasteiger charge is -2.12. The number of fused-ring (bicyclic) bond motifs is 2. The topological polar surface area (TPSA) is 90.1 Å². The Morgan fingerprint density at radius 3 is 2.53 bits per heavy atom. The minimum atomic E-state index is -1.01. The Bertz CT molecular complexity index is 1660. The summed E-state index contributed by atoms with van der Waals surface area (Å²) in [6.07, 6.45) is 5.36. The van der Waals surface area contributed by atoms with Gasteiger partial charge in [0.1, 0.15) is 12.4 Å². The number of nitrogens with zero attached hydrogens (tertiary/aromatic N) is 4. The van der Waals surface area contributed by atoms with Gasteiger partial charge in [-0.2, -0.15) is 0 Å². The summed E-state index contributed by atoms with van der Waals surface area (Å²) in [5.74, 6) is 3.39. The highest BCUT2D eigenvalue weighted by atomic mass is 16.5. The number of aryl methyl sites for hydroxylation is 1. The van der Waals surface area contributed by atoms with Crippen molar-refractivity contribution in [2.75, 3.05) is 6.61 Å². The highest BCUT2D eigenvalue weighted by Crippen LogP contribution is 2.33. The zero-order valence-electron chi connectivity index (χ0n) is 20.2. The van der Waals surface area contributed by atoms with Crippen LogP contribution < -0.4 is 4.74 Å². The molecular formula is C29H24N4O3. The van der Waals surface area contributed by atoms with Crippen molar-refractivity contribution < 1.29 is 14.6 Å². The molecule has 7 heteroatoms. The van der Waals surface area contributed by atoms with Crippen molar-refractivity contribution in [3.8, 4) is 41.0 Å². The molecule has 0 bridgehead atoms. The van der Waals surface area contributed by atoms with Crippen LogP contribution in [-0.2, 0) is 7.05 Å². The summed E-state index contributed by atoms with van der Waals surface area (Å²) in [4.78, 5) is 26.2. The van der Waals surface area contributed by atoms with Gasteiger partial charge in [-0.3, -0.25) is 0 Å². The molecule has 0 unspecified atom stereocenters. The number of imidazole rings is 1. The average Bonchev–Trinajstić information content (AvgIpc) is 3.23. The Kier molecular flexibility index (Phi) is 5.87. The number of rotatable bonds is 6. The molecule has 0 aliphatic carbocycles. The Hall–Kier alpha value is -4.70. The Balaban J connectivity index is 1.75. The number of hydrogen-bond donors (Lipinski definition) is 1. The van der Waals surface area contributed by atoms with Crippen LogP contribution in [0.2, 0.25) is 0 Å². The molecule has 1 N–H and O–H groups in total. The first-order chi connectivity index (χ1) is 17.4. The minimum absolute atomic E-state index is 0.161. The van der Waals surface area contributed by atoms with Gasteiger partial charge in [-0.15, -0.1) is 6.42 Å². The largest absolute Gasteiger partial charge is 0.481 e. The van der Waals surface area contributed by atoms with Crippen LogP contribution >= 0.6 is 0 Å². The SMILES string of the molecule is C#CCOc1ccc2nc(-c3nc4cccc(C(=O)O)c4n3C)nc(-c3ccc(C(C)C)cc3)c2c1. The smallest absolute Gasteiger partial charge is 0.337 e. The average molecular weight is 477 g/mol. The first kappa shape index (κ1) is 23.1. The number of hydrogen-bond acceptors (Lipinski definition) is 5. The zero-order valence-corrected chi connectivity index (χ0v) is 20.2. The van der Waals surface area contributed by atoms with Gasteiger partial charge in [0, 0.05) is 18.0 Å². The number of carboxylic acid groups (broad SMARTS) is 1. The molecule has 0 amide bonds. The van der Waals surface area contributed by atoms with Gasteiger partial charge < -0.3 is 14.4 Å². The van der Waals surface area contributed by atoms with E-state index in [4.69, 9.17) is 26.1 Å². The quantitative estimate of drug-likeness (QED) is 0.317. The molecule has 3 aromatic carbocycles. The zero-order chi connectivity index (χ0) is 25.4. The number of terminal acetylenes is 1. The molecule has 0 saturated heterocycles. The molecule has 7 nitrogen and oxygen atoms in total. The maximum atomic E-state index is 11.8. The summed E-state index contributed by atoms with van der Waals surface area (Å²) >= 11 is 0. The monoisotopic (exact) mass is 476 g/mol. The van der Waals surface area contributed by atoms with E-state index in [1.807, 2.05) is 30.3 Å². The second kappa shape index (κ2) is 9.16. The maximum absolute atomic E-state index is 11.8. The summed E-state index contributed by atoms with van der Waals surface area (Å²) in [5.41, 5.74) is 4.85. The fraction of sp³-hybridized carbons (Fsp3) is 0.172. The molecule has 0 aliphatic heterocycles. The van der Waals surface area contributed by atoms with E-state index in [0.717, 1.165) is 16.6 Å². The first-order valence-corrected chi connectivity index (χ1v) is 11.5. The van der Waals surface area contributed by atoms with Crippen LogP contribution in [0.5, 0.6) is 5.75 Å². The summed E-state index contributed by atoms with van der Waals surface area (Å²) in [6.45, 7) is 4.47. The van der Waals surface area contributed by atoms with Crippen molar-refractivity contribution >= 4 is 27.9 Å². The lowest BCUT2D eigenvalue weighted by atomic mass is 9.99. The van der Waals surface area contributed by atoms with Crippen molar-refractivity contribution in [1.82, 2.24) is 19.5 Å². The summed E-state index contributed by atoms with van der Waals surface area (Å²) in [6, 6.07) is 18.9. The molecule has 0 atom stereocenters. The van der Waals surface area contributed by atoms with Crippen molar-refractivity contribution in [3.63, 3.8) is 0 Å². The van der Waals surface area contributed by atoms with E-state index in [1.165, 1.54) is 5.56 Å². The number of carbonyl (C=O) groups is 1. The number of aromatic nitrogens is 4. The van der Waals surface area contributed by atoms with Gasteiger partial charge in [-0.05, 0) is 41.8 Å². The van der Waals surface area contributed by atoms with Gasteiger partial charge >= 0.3 is 5.97 Å². The highest BCUT2D eigenvalue weighted by Gasteiger charge is 2.20. The molecule has 0 aliphatic rings. The van der Waals surface area contributed by atoms with Crippen molar-refractivity contribution in [2.24, 2.45) is 7.05 Å². The van der Waals surface area contributed by atoms with Gasteiger partial charge in [0.2, 0.25) is 0 Å². The third kappa shape index (κ3) is 4.03. The molecule has 36 heavy (non-hydrogen) atoms. The van der Waals surface area contributed by atoms with Crippen LogP contribution in [0.4, 0.5) is 0 Å². The van der Waals surface area contributed by atoms with E-state index in [0.29, 0.717) is 39.9 Å². The molecule has 0 saturated carbocycles. The molecule has 0 spiro atoms. The second-order valence-corrected chi connectivity index (χ2v) is 8.82. The number of para-hydroxylation sites is 1. The van der Waals surface area contributed by atoms with Crippen molar-refractivity contribution in [3.05, 3.63) is 71.8 Å².